The van der Waals surface area contributed by atoms with Gasteiger partial charge in [0.05, 0.1) is 41.5 Å². The molecular weight excluding hydrogens is 422 g/mol. The number of guanidine groups is 1. The minimum Gasteiger partial charge on any atom is -0.480 e. The average molecular weight is 440 g/mol. The normalized spacial score (nSPS) is 20.7. The number of anilines is 1. The zero-order chi connectivity index (χ0) is 21.4. The van der Waals surface area contributed by atoms with Gasteiger partial charge in [-0.05, 0) is 19.1 Å². The van der Waals surface area contributed by atoms with E-state index in [0.29, 0.717) is 0 Å². The number of aromatic nitrogens is 3. The summed E-state index contributed by atoms with van der Waals surface area (Å²) in [6, 6.07) is 2.96. The van der Waals surface area contributed by atoms with Gasteiger partial charge in [-0.2, -0.15) is 0 Å². The Bertz CT molecular complexity index is 1080. The van der Waals surface area contributed by atoms with Crippen LogP contribution >= 0.6 is 11.6 Å². The number of methoxy groups -OCH3 is 1. The van der Waals surface area contributed by atoms with E-state index in [1.807, 2.05) is 0 Å². The third kappa shape index (κ3) is 4.07. The lowest BCUT2D eigenvalue weighted by Crippen LogP contribution is -2.61. The molecule has 13 heteroatoms. The molecule has 1 amide bonds. The maximum Gasteiger partial charge on any atom is 0.277 e. The molecule has 2 aromatic rings. The van der Waals surface area contributed by atoms with Crippen LogP contribution in [0.5, 0.6) is 5.88 Å². The number of nitrogens with zero attached hydrogens (tertiary/aromatic N) is 4. The summed E-state index contributed by atoms with van der Waals surface area (Å²) in [6.07, 6.45) is 2.55. The van der Waals surface area contributed by atoms with Crippen LogP contribution in [0.1, 0.15) is 23.1 Å². The molecule has 2 aromatic heterocycles. The van der Waals surface area contributed by atoms with Gasteiger partial charge in [-0.25, -0.2) is 27.7 Å². The molecule has 0 saturated carbocycles. The molecule has 1 aliphatic heterocycles. The molecule has 1 atom stereocenters. The van der Waals surface area contributed by atoms with Crippen LogP contribution in [0.2, 0.25) is 5.02 Å². The summed E-state index contributed by atoms with van der Waals surface area (Å²) in [5, 5.41) is 13.5. The highest BCUT2D eigenvalue weighted by Crippen LogP contribution is 2.32. The largest absolute Gasteiger partial charge is 0.480 e. The van der Waals surface area contributed by atoms with E-state index in [-0.39, 0.29) is 39.8 Å². The topological polar surface area (TPSA) is 150 Å². The first kappa shape index (κ1) is 20.7. The van der Waals surface area contributed by atoms with Crippen LogP contribution < -0.4 is 15.4 Å². The number of pyridine rings is 1. The smallest absolute Gasteiger partial charge is 0.277 e. The first-order valence-electron chi connectivity index (χ1n) is 8.23. The number of sulfonamides is 1. The molecule has 0 spiro atoms. The van der Waals surface area contributed by atoms with E-state index in [4.69, 9.17) is 21.7 Å². The molecule has 11 nitrogen and oxygen atoms in total. The fourth-order valence-electron chi connectivity index (χ4n) is 2.72. The molecule has 0 aliphatic carbocycles. The van der Waals surface area contributed by atoms with Gasteiger partial charge < -0.3 is 15.4 Å². The maximum atomic E-state index is 12.4. The lowest BCUT2D eigenvalue weighted by molar-refractivity contribution is 0.102. The van der Waals surface area contributed by atoms with E-state index in [1.165, 1.54) is 38.7 Å². The third-order valence-corrected chi connectivity index (χ3v) is 6.54. The van der Waals surface area contributed by atoms with Crippen molar-refractivity contribution in [2.45, 2.75) is 12.5 Å². The number of hydrogen-bond acceptors (Lipinski definition) is 8. The molecule has 29 heavy (non-hydrogen) atoms. The van der Waals surface area contributed by atoms with Crippen molar-refractivity contribution in [3.63, 3.8) is 0 Å². The van der Waals surface area contributed by atoms with E-state index in [9.17, 15) is 13.2 Å². The third-order valence-electron chi connectivity index (χ3n) is 4.28. The van der Waals surface area contributed by atoms with Crippen molar-refractivity contribution >= 4 is 39.3 Å². The number of ether oxygens (including phenoxy) is 1. The number of amides is 1. The van der Waals surface area contributed by atoms with Crippen LogP contribution in [-0.4, -0.2) is 59.5 Å². The minimum atomic E-state index is -3.74. The number of nitrogens with one attached hydrogen (secondary N) is 3. The average Bonchev–Trinajstić information content (AvgIpc) is 2.67. The van der Waals surface area contributed by atoms with E-state index in [0.717, 1.165) is 4.31 Å². The second-order valence-corrected chi connectivity index (χ2v) is 8.86. The zero-order valence-corrected chi connectivity index (χ0v) is 17.3. The SMILES string of the molecule is COc1cnc(C(=O)Nc2ccc(Cl)c([C@]3(C)CS(=O)(=O)N(C)C(=N)N3)n2)cn1. The number of carbonyl (C=O) groups excluding carboxylic acids is 1. The van der Waals surface area contributed by atoms with Crippen molar-refractivity contribution < 1.29 is 17.9 Å². The second kappa shape index (κ2) is 7.44. The number of halogens is 1. The van der Waals surface area contributed by atoms with E-state index < -0.39 is 21.5 Å². The number of hydrogen-bond donors (Lipinski definition) is 3. The lowest BCUT2D eigenvalue weighted by atomic mass is 9.99. The van der Waals surface area contributed by atoms with Gasteiger partial charge in [0.1, 0.15) is 11.5 Å². The summed E-state index contributed by atoms with van der Waals surface area (Å²) < 4.78 is 30.5. The molecule has 0 radical (unpaired) electrons. The quantitative estimate of drug-likeness (QED) is 0.632. The Morgan fingerprint density at radius 3 is 2.69 bits per heavy atom. The van der Waals surface area contributed by atoms with Crippen molar-refractivity contribution in [3.8, 4) is 5.88 Å². The molecule has 3 heterocycles. The molecule has 3 N–H and O–H groups in total. The summed E-state index contributed by atoms with van der Waals surface area (Å²) in [6.45, 7) is 1.57. The van der Waals surface area contributed by atoms with Gasteiger partial charge in [0, 0.05) is 7.05 Å². The molecular formula is C16H18ClN7O4S. The summed E-state index contributed by atoms with van der Waals surface area (Å²) in [4.78, 5) is 24.6. The van der Waals surface area contributed by atoms with Gasteiger partial charge in [-0.1, -0.05) is 11.6 Å². The first-order valence-corrected chi connectivity index (χ1v) is 10.2. The van der Waals surface area contributed by atoms with Crippen LogP contribution in [0.15, 0.2) is 24.5 Å². The summed E-state index contributed by atoms with van der Waals surface area (Å²) in [7, 11) is -1.02. The Hall–Kier alpha value is -2.99. The highest BCUT2D eigenvalue weighted by atomic mass is 35.5. The molecule has 0 aromatic carbocycles. The van der Waals surface area contributed by atoms with Gasteiger partial charge in [0.2, 0.25) is 21.9 Å². The van der Waals surface area contributed by atoms with Gasteiger partial charge in [0.25, 0.3) is 5.91 Å². The van der Waals surface area contributed by atoms with Crippen LogP contribution in [0.4, 0.5) is 5.82 Å². The van der Waals surface area contributed by atoms with Crippen LogP contribution in [0, 0.1) is 5.41 Å². The van der Waals surface area contributed by atoms with Gasteiger partial charge in [-0.3, -0.25) is 10.2 Å². The van der Waals surface area contributed by atoms with Gasteiger partial charge >= 0.3 is 0 Å². The highest BCUT2D eigenvalue weighted by molar-refractivity contribution is 7.89. The number of carbonyl (C=O) groups is 1. The Morgan fingerprint density at radius 2 is 2.10 bits per heavy atom. The molecule has 1 fully saturated rings. The minimum absolute atomic E-state index is 0.0390. The molecule has 3 rings (SSSR count). The van der Waals surface area contributed by atoms with Gasteiger partial charge in [-0.15, -0.1) is 0 Å². The molecule has 1 aliphatic rings. The van der Waals surface area contributed by atoms with Crippen molar-refractivity contribution in [2.24, 2.45) is 0 Å². The highest BCUT2D eigenvalue weighted by Gasteiger charge is 2.44. The zero-order valence-electron chi connectivity index (χ0n) is 15.7. The standard InChI is InChI=1S/C16H18ClN7O4S/c1-16(8-29(26,27)24(2)15(18)23-16)13-9(17)4-5-11(21-13)22-14(25)10-6-20-12(28-3)7-19-10/h4-7H,8H2,1-3H3,(H2,18,23)(H,21,22,25)/t16-/m0/s1. The number of rotatable bonds is 4. The fraction of sp³-hybridized carbons (Fsp3) is 0.312. The summed E-state index contributed by atoms with van der Waals surface area (Å²) in [5.41, 5.74) is -1.04. The Balaban J connectivity index is 1.90. The van der Waals surface area contributed by atoms with Crippen LogP contribution in [0.3, 0.4) is 0 Å². The van der Waals surface area contributed by atoms with Crippen molar-refractivity contribution in [3.05, 3.63) is 40.9 Å². The van der Waals surface area contributed by atoms with E-state index in [2.05, 4.69) is 25.6 Å². The Labute approximate surface area is 172 Å². The summed E-state index contributed by atoms with van der Waals surface area (Å²) >= 11 is 6.25. The summed E-state index contributed by atoms with van der Waals surface area (Å²) in [5.74, 6) is -0.842. The van der Waals surface area contributed by atoms with Crippen molar-refractivity contribution in [1.29, 1.82) is 5.41 Å². The monoisotopic (exact) mass is 439 g/mol. The van der Waals surface area contributed by atoms with Crippen LogP contribution in [-0.2, 0) is 15.6 Å². The molecule has 0 bridgehead atoms. The predicted octanol–water partition coefficient (Wildman–Crippen LogP) is 0.801. The van der Waals surface area contributed by atoms with E-state index in [1.54, 1.807) is 6.92 Å². The van der Waals surface area contributed by atoms with Crippen molar-refractivity contribution in [2.75, 3.05) is 25.2 Å². The second-order valence-electron chi connectivity index (χ2n) is 6.45. The predicted molar refractivity (Wildman–Crippen MR) is 106 cm³/mol. The van der Waals surface area contributed by atoms with Crippen LogP contribution in [0.25, 0.3) is 0 Å². The molecule has 0 unspecified atom stereocenters. The fourth-order valence-corrected chi connectivity index (χ4v) is 4.49. The molecule has 154 valence electrons. The Kier molecular flexibility index (Phi) is 5.32. The Morgan fingerprint density at radius 1 is 1.38 bits per heavy atom. The van der Waals surface area contributed by atoms with Gasteiger partial charge in [0.15, 0.2) is 0 Å². The van der Waals surface area contributed by atoms with Crippen molar-refractivity contribution in [1.82, 2.24) is 24.6 Å². The maximum absolute atomic E-state index is 12.4. The molecule has 1 saturated heterocycles. The first-order chi connectivity index (χ1) is 13.6. The van der Waals surface area contributed by atoms with E-state index >= 15 is 0 Å². The lowest BCUT2D eigenvalue weighted by Gasteiger charge is -2.39.